The van der Waals surface area contributed by atoms with Gasteiger partial charge in [0.25, 0.3) is 0 Å². The molecule has 0 saturated carbocycles. The third-order valence-corrected chi connectivity index (χ3v) is 2.30. The van der Waals surface area contributed by atoms with Gasteiger partial charge in [-0.15, -0.1) is 5.10 Å². The van der Waals surface area contributed by atoms with Gasteiger partial charge in [0.2, 0.25) is 0 Å². The second-order valence-corrected chi connectivity index (χ2v) is 3.55. The Hall–Kier alpha value is -1.94. The van der Waals surface area contributed by atoms with Crippen molar-refractivity contribution >= 4 is 11.5 Å². The molecule has 0 saturated heterocycles. The summed E-state index contributed by atoms with van der Waals surface area (Å²) < 4.78 is 0. The van der Waals surface area contributed by atoms with E-state index in [1.54, 1.807) is 0 Å². The van der Waals surface area contributed by atoms with Gasteiger partial charge in [-0.05, 0) is 30.7 Å². The third-order valence-electron chi connectivity index (χ3n) is 2.30. The van der Waals surface area contributed by atoms with Crippen LogP contribution in [0.1, 0.15) is 11.3 Å². The summed E-state index contributed by atoms with van der Waals surface area (Å²) in [6, 6.07) is 11.7. The number of aromatic nitrogens is 2. The van der Waals surface area contributed by atoms with E-state index in [0.29, 0.717) is 6.54 Å². The first-order valence-corrected chi connectivity index (χ1v) is 5.15. The molecule has 1 heterocycles. The molecule has 2 rings (SSSR count). The molecule has 0 bridgehead atoms. The van der Waals surface area contributed by atoms with Gasteiger partial charge in [0.05, 0.1) is 5.69 Å². The Kier molecular flexibility index (Phi) is 3.12. The fraction of sp³-hybridized carbons (Fsp3) is 0.167. The largest absolute Gasteiger partial charge is 0.338 e. The molecule has 16 heavy (non-hydrogen) atoms. The fourth-order valence-corrected chi connectivity index (χ4v) is 1.42. The highest BCUT2D eigenvalue weighted by molar-refractivity contribution is 5.60. The molecule has 2 aromatic rings. The zero-order chi connectivity index (χ0) is 11.4. The molecule has 4 nitrogen and oxygen atoms in total. The van der Waals surface area contributed by atoms with Crippen LogP contribution in [0.4, 0.5) is 11.5 Å². The summed E-state index contributed by atoms with van der Waals surface area (Å²) in [4.78, 5) is 0. The molecule has 0 aliphatic carbocycles. The minimum Gasteiger partial charge on any atom is -0.338 e. The maximum absolute atomic E-state index is 5.65. The van der Waals surface area contributed by atoms with Gasteiger partial charge in [0.1, 0.15) is 0 Å². The smallest absolute Gasteiger partial charge is 0.153 e. The molecule has 0 aliphatic heterocycles. The Morgan fingerprint density at radius 1 is 1.12 bits per heavy atom. The van der Waals surface area contributed by atoms with Crippen molar-refractivity contribution in [3.63, 3.8) is 0 Å². The lowest BCUT2D eigenvalue weighted by molar-refractivity contribution is 0.983. The minimum absolute atomic E-state index is 0.502. The van der Waals surface area contributed by atoms with Crippen LogP contribution in [0, 0.1) is 6.92 Å². The van der Waals surface area contributed by atoms with E-state index in [4.69, 9.17) is 5.73 Å². The first-order valence-electron chi connectivity index (χ1n) is 5.15. The van der Waals surface area contributed by atoms with Crippen LogP contribution >= 0.6 is 0 Å². The predicted octanol–water partition coefficient (Wildman–Crippen LogP) is 1.99. The van der Waals surface area contributed by atoms with Gasteiger partial charge in [0.15, 0.2) is 5.82 Å². The second kappa shape index (κ2) is 4.72. The van der Waals surface area contributed by atoms with E-state index < -0.39 is 0 Å². The quantitative estimate of drug-likeness (QED) is 0.820. The van der Waals surface area contributed by atoms with E-state index in [1.807, 2.05) is 43.3 Å². The molecule has 1 aromatic heterocycles. The van der Waals surface area contributed by atoms with Crippen molar-refractivity contribution in [2.75, 3.05) is 5.32 Å². The third kappa shape index (κ3) is 2.35. The maximum Gasteiger partial charge on any atom is 0.153 e. The van der Waals surface area contributed by atoms with Crippen molar-refractivity contribution in [2.45, 2.75) is 13.5 Å². The van der Waals surface area contributed by atoms with Gasteiger partial charge in [-0.1, -0.05) is 18.2 Å². The van der Waals surface area contributed by atoms with Crippen molar-refractivity contribution in [3.8, 4) is 0 Å². The number of anilines is 2. The highest BCUT2D eigenvalue weighted by Crippen LogP contribution is 2.18. The summed E-state index contributed by atoms with van der Waals surface area (Å²) in [5.41, 5.74) is 8.59. The Labute approximate surface area is 94.5 Å². The maximum atomic E-state index is 5.65. The molecule has 0 fully saturated rings. The summed E-state index contributed by atoms with van der Waals surface area (Å²) in [5, 5.41) is 11.2. The Balaban J connectivity index is 2.23. The SMILES string of the molecule is Cc1ccc(Nc2ccccc2CN)nn1. The highest BCUT2D eigenvalue weighted by Gasteiger charge is 2.01. The zero-order valence-corrected chi connectivity index (χ0v) is 9.14. The van der Waals surface area contributed by atoms with Crippen molar-refractivity contribution < 1.29 is 0 Å². The summed E-state index contributed by atoms with van der Waals surface area (Å²) in [5.74, 6) is 0.728. The van der Waals surface area contributed by atoms with Crippen LogP contribution in [0.3, 0.4) is 0 Å². The monoisotopic (exact) mass is 214 g/mol. The van der Waals surface area contributed by atoms with Crippen LogP contribution in [-0.2, 0) is 6.54 Å². The first kappa shape index (κ1) is 10.6. The van der Waals surface area contributed by atoms with Crippen molar-refractivity contribution in [1.82, 2.24) is 10.2 Å². The Bertz CT molecular complexity index is 465. The lowest BCUT2D eigenvalue weighted by atomic mass is 10.2. The minimum atomic E-state index is 0.502. The number of hydrogen-bond donors (Lipinski definition) is 2. The molecule has 4 heteroatoms. The van der Waals surface area contributed by atoms with E-state index in [9.17, 15) is 0 Å². The molecule has 3 N–H and O–H groups in total. The number of para-hydroxylation sites is 1. The highest BCUT2D eigenvalue weighted by atomic mass is 15.2. The Morgan fingerprint density at radius 2 is 1.94 bits per heavy atom. The van der Waals surface area contributed by atoms with Crippen LogP contribution in [0.25, 0.3) is 0 Å². The number of benzene rings is 1. The molecular weight excluding hydrogens is 200 g/mol. The zero-order valence-electron chi connectivity index (χ0n) is 9.14. The van der Waals surface area contributed by atoms with Gasteiger partial charge in [-0.2, -0.15) is 5.10 Å². The molecule has 0 unspecified atom stereocenters. The molecular formula is C12H14N4. The number of nitrogens with two attached hydrogens (primary N) is 1. The predicted molar refractivity (Wildman–Crippen MR) is 64.4 cm³/mol. The summed E-state index contributed by atoms with van der Waals surface area (Å²) >= 11 is 0. The summed E-state index contributed by atoms with van der Waals surface area (Å²) in [7, 11) is 0. The van der Waals surface area contributed by atoms with Crippen LogP contribution in [0.5, 0.6) is 0 Å². The van der Waals surface area contributed by atoms with E-state index in [-0.39, 0.29) is 0 Å². The van der Waals surface area contributed by atoms with E-state index in [2.05, 4.69) is 15.5 Å². The average molecular weight is 214 g/mol. The number of nitrogens with one attached hydrogen (secondary N) is 1. The van der Waals surface area contributed by atoms with Gasteiger partial charge < -0.3 is 11.1 Å². The Morgan fingerprint density at radius 3 is 2.62 bits per heavy atom. The van der Waals surface area contributed by atoms with Crippen molar-refractivity contribution in [3.05, 3.63) is 47.7 Å². The summed E-state index contributed by atoms with van der Waals surface area (Å²) in [6.45, 7) is 2.41. The second-order valence-electron chi connectivity index (χ2n) is 3.55. The number of hydrogen-bond acceptors (Lipinski definition) is 4. The van der Waals surface area contributed by atoms with Crippen LogP contribution in [-0.4, -0.2) is 10.2 Å². The molecule has 0 atom stereocenters. The van der Waals surface area contributed by atoms with Crippen LogP contribution < -0.4 is 11.1 Å². The fourth-order valence-electron chi connectivity index (χ4n) is 1.42. The molecule has 0 aliphatic rings. The topological polar surface area (TPSA) is 63.8 Å². The van der Waals surface area contributed by atoms with E-state index in [0.717, 1.165) is 22.8 Å². The van der Waals surface area contributed by atoms with E-state index in [1.165, 1.54) is 0 Å². The van der Waals surface area contributed by atoms with Crippen LogP contribution in [0.2, 0.25) is 0 Å². The molecule has 82 valence electrons. The standard InChI is InChI=1S/C12H14N4/c1-9-6-7-12(16-15-9)14-11-5-3-2-4-10(11)8-13/h2-7H,8,13H2,1H3,(H,14,16). The number of rotatable bonds is 3. The molecule has 1 aromatic carbocycles. The summed E-state index contributed by atoms with van der Waals surface area (Å²) in [6.07, 6.45) is 0. The average Bonchev–Trinajstić information content (AvgIpc) is 2.33. The molecule has 0 spiro atoms. The van der Waals surface area contributed by atoms with Crippen LogP contribution in [0.15, 0.2) is 36.4 Å². The van der Waals surface area contributed by atoms with Gasteiger partial charge >= 0.3 is 0 Å². The first-order chi connectivity index (χ1) is 7.79. The van der Waals surface area contributed by atoms with E-state index >= 15 is 0 Å². The number of nitrogens with zero attached hydrogens (tertiary/aromatic N) is 2. The lowest BCUT2D eigenvalue weighted by Gasteiger charge is -2.09. The van der Waals surface area contributed by atoms with Crippen molar-refractivity contribution in [2.24, 2.45) is 5.73 Å². The van der Waals surface area contributed by atoms with Gasteiger partial charge in [-0.3, -0.25) is 0 Å². The lowest BCUT2D eigenvalue weighted by Crippen LogP contribution is -2.03. The van der Waals surface area contributed by atoms with Gasteiger partial charge in [0, 0.05) is 12.2 Å². The molecule has 0 radical (unpaired) electrons. The number of aryl methyl sites for hydroxylation is 1. The van der Waals surface area contributed by atoms with Crippen molar-refractivity contribution in [1.29, 1.82) is 0 Å². The van der Waals surface area contributed by atoms with Gasteiger partial charge in [-0.25, -0.2) is 0 Å². The normalized spacial score (nSPS) is 10.1. The molecule has 0 amide bonds.